The molecule has 3 aromatic rings. The molecule has 11 heteroatoms. The molecule has 0 aliphatic carbocycles. The minimum atomic E-state index is -0.399. The number of hydrogen-bond acceptors (Lipinski definition) is 5. The van der Waals surface area contributed by atoms with Gasteiger partial charge in [0.1, 0.15) is 0 Å². The highest BCUT2D eigenvalue weighted by Crippen LogP contribution is 2.29. The maximum atomic E-state index is 12.9. The number of benzene rings is 2. The molecular formula is C25H28BrCl2N5O2S. The van der Waals surface area contributed by atoms with Crippen LogP contribution in [-0.2, 0) is 11.8 Å². The zero-order valence-corrected chi connectivity index (χ0v) is 24.5. The maximum Gasteiger partial charge on any atom is 0.251 e. The highest BCUT2D eigenvalue weighted by atomic mass is 79.9. The van der Waals surface area contributed by atoms with Gasteiger partial charge in [0.25, 0.3) is 5.91 Å². The zero-order valence-electron chi connectivity index (χ0n) is 20.6. The summed E-state index contributed by atoms with van der Waals surface area (Å²) in [5.74, 6) is 0.630. The first kappa shape index (κ1) is 28.5. The standard InChI is InChI=1S/C25H28BrCl2N5O2S/c1-13(2)17-11-16(26)7-9-20(17)29-21(34)12-36-25-32-31-23(33(25)5)22(14(3)4)30-24(35)15-6-8-18(27)19(28)10-15/h6-11,13-14,22H,12H2,1-5H3,(H,29,34)(H,30,35)/t22-/m1/s1. The molecule has 0 saturated carbocycles. The van der Waals surface area contributed by atoms with Gasteiger partial charge in [0, 0.05) is 22.8 Å². The summed E-state index contributed by atoms with van der Waals surface area (Å²) in [6, 6.07) is 10.2. The Hall–Kier alpha value is -2.07. The highest BCUT2D eigenvalue weighted by molar-refractivity contribution is 9.10. The number of halogens is 3. The largest absolute Gasteiger partial charge is 0.342 e. The summed E-state index contributed by atoms with van der Waals surface area (Å²) in [5, 5.41) is 15.9. The van der Waals surface area contributed by atoms with Crippen molar-refractivity contribution in [1.82, 2.24) is 20.1 Å². The molecule has 1 atom stereocenters. The van der Waals surface area contributed by atoms with Gasteiger partial charge in [-0.15, -0.1) is 10.2 Å². The average molecular weight is 613 g/mol. The molecule has 0 spiro atoms. The van der Waals surface area contributed by atoms with E-state index < -0.39 is 6.04 Å². The van der Waals surface area contributed by atoms with Gasteiger partial charge in [-0.05, 0) is 53.8 Å². The first-order valence-corrected chi connectivity index (χ1v) is 13.9. The van der Waals surface area contributed by atoms with Crippen molar-refractivity contribution < 1.29 is 9.59 Å². The Bertz CT molecular complexity index is 1270. The van der Waals surface area contributed by atoms with Crippen LogP contribution in [0.25, 0.3) is 0 Å². The van der Waals surface area contributed by atoms with E-state index >= 15 is 0 Å². The van der Waals surface area contributed by atoms with Crippen molar-refractivity contribution in [2.75, 3.05) is 11.1 Å². The van der Waals surface area contributed by atoms with E-state index in [1.165, 1.54) is 17.8 Å². The summed E-state index contributed by atoms with van der Waals surface area (Å²) in [6.45, 7) is 8.13. The van der Waals surface area contributed by atoms with Crippen LogP contribution < -0.4 is 10.6 Å². The van der Waals surface area contributed by atoms with Gasteiger partial charge in [0.15, 0.2) is 11.0 Å². The van der Waals surface area contributed by atoms with Crippen molar-refractivity contribution in [2.45, 2.75) is 44.8 Å². The quantitative estimate of drug-likeness (QED) is 0.258. The van der Waals surface area contributed by atoms with Crippen LogP contribution >= 0.6 is 50.9 Å². The van der Waals surface area contributed by atoms with E-state index in [9.17, 15) is 9.59 Å². The summed E-state index contributed by atoms with van der Waals surface area (Å²) < 4.78 is 2.77. The Morgan fingerprint density at radius 1 is 1.06 bits per heavy atom. The third-order valence-corrected chi connectivity index (χ3v) is 7.78. The van der Waals surface area contributed by atoms with Crippen molar-refractivity contribution in [3.05, 3.63) is 67.9 Å². The normalized spacial score (nSPS) is 12.2. The van der Waals surface area contributed by atoms with Gasteiger partial charge in [0.05, 0.1) is 21.8 Å². The van der Waals surface area contributed by atoms with Gasteiger partial charge >= 0.3 is 0 Å². The van der Waals surface area contributed by atoms with Crippen molar-refractivity contribution in [1.29, 1.82) is 0 Å². The molecule has 0 saturated heterocycles. The number of aromatic nitrogens is 3. The van der Waals surface area contributed by atoms with Crippen LogP contribution in [0.4, 0.5) is 5.69 Å². The molecule has 0 aliphatic heterocycles. The topological polar surface area (TPSA) is 88.9 Å². The Balaban J connectivity index is 1.69. The van der Waals surface area contributed by atoms with Crippen molar-refractivity contribution in [3.63, 3.8) is 0 Å². The third kappa shape index (κ3) is 7.03. The molecule has 1 aromatic heterocycles. The number of hydrogen-bond donors (Lipinski definition) is 2. The number of thioether (sulfide) groups is 1. The Morgan fingerprint density at radius 2 is 1.78 bits per heavy atom. The Kier molecular flexibility index (Phi) is 9.86. The number of anilines is 1. The molecule has 192 valence electrons. The molecule has 0 unspecified atom stereocenters. The lowest BCUT2D eigenvalue weighted by Gasteiger charge is -2.22. The molecule has 0 radical (unpaired) electrons. The number of nitrogens with zero attached hydrogens (tertiary/aromatic N) is 3. The fourth-order valence-corrected chi connectivity index (χ4v) is 4.95. The van der Waals surface area contributed by atoms with E-state index in [1.807, 2.05) is 39.1 Å². The molecule has 36 heavy (non-hydrogen) atoms. The van der Waals surface area contributed by atoms with Gasteiger partial charge in [-0.1, -0.05) is 78.6 Å². The number of amides is 2. The molecule has 0 aliphatic rings. The molecule has 2 amide bonds. The van der Waals surface area contributed by atoms with Crippen molar-refractivity contribution >= 4 is 68.4 Å². The lowest BCUT2D eigenvalue weighted by atomic mass is 10.0. The Labute approximate surface area is 233 Å². The van der Waals surface area contributed by atoms with Crippen LogP contribution in [0.1, 0.15) is 61.4 Å². The number of carbonyl (C=O) groups is 2. The second-order valence-corrected chi connectivity index (χ2v) is 11.6. The monoisotopic (exact) mass is 611 g/mol. The lowest BCUT2D eigenvalue weighted by Crippen LogP contribution is -2.33. The summed E-state index contributed by atoms with van der Waals surface area (Å²) in [7, 11) is 1.82. The van der Waals surface area contributed by atoms with Gasteiger partial charge < -0.3 is 15.2 Å². The summed E-state index contributed by atoms with van der Waals surface area (Å²) in [5.41, 5.74) is 2.25. The fourth-order valence-electron chi connectivity index (χ4n) is 3.56. The molecule has 0 fully saturated rings. The zero-order chi connectivity index (χ0) is 26.6. The predicted octanol–water partition coefficient (Wildman–Crippen LogP) is 6.87. The summed E-state index contributed by atoms with van der Waals surface area (Å²) in [6.07, 6.45) is 0. The Morgan fingerprint density at radius 3 is 2.42 bits per heavy atom. The number of rotatable bonds is 9. The minimum Gasteiger partial charge on any atom is -0.342 e. The smallest absolute Gasteiger partial charge is 0.251 e. The summed E-state index contributed by atoms with van der Waals surface area (Å²) in [4.78, 5) is 25.5. The van der Waals surface area contributed by atoms with Crippen LogP contribution in [0.5, 0.6) is 0 Å². The lowest BCUT2D eigenvalue weighted by molar-refractivity contribution is -0.113. The first-order valence-electron chi connectivity index (χ1n) is 11.3. The van der Waals surface area contributed by atoms with Crippen LogP contribution in [0.2, 0.25) is 10.0 Å². The molecule has 7 nitrogen and oxygen atoms in total. The van der Waals surface area contributed by atoms with E-state index in [2.05, 4.69) is 50.6 Å². The van der Waals surface area contributed by atoms with E-state index in [0.717, 1.165) is 15.7 Å². The van der Waals surface area contributed by atoms with Crippen LogP contribution in [0.15, 0.2) is 46.0 Å². The molecule has 3 rings (SSSR count). The van der Waals surface area contributed by atoms with E-state index in [4.69, 9.17) is 23.2 Å². The minimum absolute atomic E-state index is 0.0348. The molecular weight excluding hydrogens is 585 g/mol. The van der Waals surface area contributed by atoms with Gasteiger partial charge in [0.2, 0.25) is 5.91 Å². The van der Waals surface area contributed by atoms with Gasteiger partial charge in [-0.2, -0.15) is 0 Å². The van der Waals surface area contributed by atoms with E-state index in [-0.39, 0.29) is 29.4 Å². The van der Waals surface area contributed by atoms with Gasteiger partial charge in [-0.3, -0.25) is 9.59 Å². The number of carbonyl (C=O) groups excluding carboxylic acids is 2. The van der Waals surface area contributed by atoms with E-state index in [1.54, 1.807) is 16.7 Å². The molecule has 2 N–H and O–H groups in total. The highest BCUT2D eigenvalue weighted by Gasteiger charge is 2.26. The fraction of sp³-hybridized carbons (Fsp3) is 0.360. The third-order valence-electron chi connectivity index (χ3n) is 5.52. The van der Waals surface area contributed by atoms with Crippen molar-refractivity contribution in [3.8, 4) is 0 Å². The van der Waals surface area contributed by atoms with Crippen LogP contribution in [0.3, 0.4) is 0 Å². The molecule has 0 bridgehead atoms. The average Bonchev–Trinajstić information content (AvgIpc) is 3.18. The number of nitrogens with one attached hydrogen (secondary N) is 2. The van der Waals surface area contributed by atoms with Crippen LogP contribution in [-0.4, -0.2) is 32.3 Å². The first-order chi connectivity index (χ1) is 17.0. The second-order valence-electron chi connectivity index (χ2n) is 8.95. The molecule has 1 heterocycles. The van der Waals surface area contributed by atoms with Crippen LogP contribution in [0, 0.1) is 5.92 Å². The molecule has 2 aromatic carbocycles. The maximum absolute atomic E-state index is 12.9. The van der Waals surface area contributed by atoms with E-state index in [0.29, 0.717) is 26.6 Å². The second kappa shape index (κ2) is 12.4. The van der Waals surface area contributed by atoms with Crippen molar-refractivity contribution in [2.24, 2.45) is 13.0 Å². The summed E-state index contributed by atoms with van der Waals surface area (Å²) >= 11 is 16.8. The SMILES string of the molecule is CC(C)c1cc(Br)ccc1NC(=O)CSc1nnc([C@H](NC(=O)c2ccc(Cl)c(Cl)c2)C(C)C)n1C. The van der Waals surface area contributed by atoms with Gasteiger partial charge in [-0.25, -0.2) is 0 Å². The predicted molar refractivity (Wildman–Crippen MR) is 150 cm³/mol.